The van der Waals surface area contributed by atoms with Crippen LogP contribution < -0.4 is 0 Å². The number of carbonyl (C=O) groups excluding carboxylic acids is 1. The highest BCUT2D eigenvalue weighted by Crippen LogP contribution is 2.40. The molecule has 0 amide bonds. The number of unbranched alkanes of at least 4 members (excludes halogenated alkanes) is 1. The van der Waals surface area contributed by atoms with E-state index in [0.717, 1.165) is 83.3 Å². The fourth-order valence-electron chi connectivity index (χ4n) is 7.03. The SMILES string of the molecule is COC(=O)CCCC=CC[C@@H]1[C@@H](C=C[C@H](CCC2CCCCC2)OC2CCCCO2)[C@H](OC2CCCCO2)C[C@@H]1O. The number of esters is 1. The van der Waals surface area contributed by atoms with Gasteiger partial charge in [0.25, 0.3) is 0 Å². The minimum absolute atomic E-state index is 0.0128. The van der Waals surface area contributed by atoms with Gasteiger partial charge in [0.15, 0.2) is 12.6 Å². The van der Waals surface area contributed by atoms with E-state index in [-0.39, 0.29) is 42.6 Å². The van der Waals surface area contributed by atoms with Gasteiger partial charge in [-0.15, -0.1) is 0 Å². The van der Waals surface area contributed by atoms with Gasteiger partial charge in [0.1, 0.15) is 0 Å². The van der Waals surface area contributed by atoms with Gasteiger partial charge in [0.2, 0.25) is 0 Å². The summed E-state index contributed by atoms with van der Waals surface area (Å²) in [6.07, 6.45) is 26.8. The van der Waals surface area contributed by atoms with Crippen LogP contribution >= 0.6 is 0 Å². The number of ether oxygens (including phenoxy) is 5. The van der Waals surface area contributed by atoms with Crippen molar-refractivity contribution in [2.24, 2.45) is 17.8 Å². The van der Waals surface area contributed by atoms with Gasteiger partial charge < -0.3 is 28.8 Å². The fourth-order valence-corrected chi connectivity index (χ4v) is 7.03. The molecule has 0 aromatic carbocycles. The number of hydrogen-bond donors (Lipinski definition) is 1. The van der Waals surface area contributed by atoms with Gasteiger partial charge in [-0.05, 0) is 82.5 Å². The molecule has 2 unspecified atom stereocenters. The average Bonchev–Trinajstić information content (AvgIpc) is 3.30. The maximum absolute atomic E-state index is 11.4. The fraction of sp³-hybridized carbons (Fsp3) is 0.853. The first-order chi connectivity index (χ1) is 20.1. The van der Waals surface area contributed by atoms with E-state index in [2.05, 4.69) is 24.3 Å². The molecule has 41 heavy (non-hydrogen) atoms. The zero-order valence-corrected chi connectivity index (χ0v) is 25.5. The molecule has 2 saturated heterocycles. The molecular formula is C34H56O7. The van der Waals surface area contributed by atoms with Gasteiger partial charge in [-0.2, -0.15) is 0 Å². The van der Waals surface area contributed by atoms with Crippen LogP contribution in [-0.2, 0) is 28.5 Å². The van der Waals surface area contributed by atoms with Crippen LogP contribution in [0.4, 0.5) is 0 Å². The van der Waals surface area contributed by atoms with Gasteiger partial charge in [0, 0.05) is 32.0 Å². The van der Waals surface area contributed by atoms with E-state index in [4.69, 9.17) is 23.7 Å². The molecule has 7 heteroatoms. The Morgan fingerprint density at radius 3 is 2.39 bits per heavy atom. The second-order valence-electron chi connectivity index (χ2n) is 12.6. The topological polar surface area (TPSA) is 83.5 Å². The molecule has 0 aromatic rings. The Morgan fingerprint density at radius 1 is 0.951 bits per heavy atom. The van der Waals surface area contributed by atoms with Crippen LogP contribution in [0.1, 0.15) is 116 Å². The summed E-state index contributed by atoms with van der Waals surface area (Å²) >= 11 is 0. The number of hydrogen-bond acceptors (Lipinski definition) is 7. The third-order valence-corrected chi connectivity index (χ3v) is 9.51. The lowest BCUT2D eigenvalue weighted by Crippen LogP contribution is -2.31. The lowest BCUT2D eigenvalue weighted by molar-refractivity contribution is -0.193. The monoisotopic (exact) mass is 576 g/mol. The normalized spacial score (nSPS) is 32.5. The van der Waals surface area contributed by atoms with Crippen molar-refractivity contribution in [3.8, 4) is 0 Å². The van der Waals surface area contributed by atoms with Crippen LogP contribution in [-0.4, -0.2) is 62.3 Å². The summed E-state index contributed by atoms with van der Waals surface area (Å²) in [5, 5.41) is 11.2. The molecule has 0 bridgehead atoms. The Kier molecular flexibility index (Phi) is 14.7. The molecule has 0 radical (unpaired) electrons. The lowest BCUT2D eigenvalue weighted by atomic mass is 9.85. The maximum Gasteiger partial charge on any atom is 0.305 e. The Bertz CT molecular complexity index is 780. The predicted molar refractivity (Wildman–Crippen MR) is 159 cm³/mol. The highest BCUT2D eigenvalue weighted by molar-refractivity contribution is 5.69. The van der Waals surface area contributed by atoms with Gasteiger partial charge in [0.05, 0.1) is 25.4 Å². The number of aliphatic hydroxyl groups excluding tert-OH is 1. The largest absolute Gasteiger partial charge is 0.469 e. The van der Waals surface area contributed by atoms with E-state index in [0.29, 0.717) is 12.8 Å². The van der Waals surface area contributed by atoms with Gasteiger partial charge in [-0.3, -0.25) is 4.79 Å². The molecule has 2 heterocycles. The van der Waals surface area contributed by atoms with Gasteiger partial charge in [-0.25, -0.2) is 0 Å². The Morgan fingerprint density at radius 2 is 1.68 bits per heavy atom. The maximum atomic E-state index is 11.4. The molecule has 4 rings (SSSR count). The van der Waals surface area contributed by atoms with Crippen molar-refractivity contribution >= 4 is 5.97 Å². The summed E-state index contributed by atoms with van der Waals surface area (Å²) in [6.45, 7) is 1.53. The zero-order valence-electron chi connectivity index (χ0n) is 25.5. The van der Waals surface area contributed by atoms with E-state index >= 15 is 0 Å². The highest BCUT2D eigenvalue weighted by atomic mass is 16.7. The average molecular weight is 577 g/mol. The molecule has 4 fully saturated rings. The third-order valence-electron chi connectivity index (χ3n) is 9.51. The van der Waals surface area contributed by atoms with E-state index in [1.807, 2.05) is 0 Å². The number of allylic oxidation sites excluding steroid dienone is 2. The summed E-state index contributed by atoms with van der Waals surface area (Å²) < 4.78 is 29.7. The first kappa shape index (κ1) is 32.7. The molecule has 2 aliphatic carbocycles. The van der Waals surface area contributed by atoms with Crippen molar-refractivity contribution in [2.45, 2.75) is 146 Å². The van der Waals surface area contributed by atoms with Crippen molar-refractivity contribution in [2.75, 3.05) is 20.3 Å². The van der Waals surface area contributed by atoms with Crippen LogP contribution in [0.2, 0.25) is 0 Å². The second kappa shape index (κ2) is 18.4. The molecule has 2 saturated carbocycles. The van der Waals surface area contributed by atoms with Crippen LogP contribution in [0.15, 0.2) is 24.3 Å². The summed E-state index contributed by atoms with van der Waals surface area (Å²) in [5.41, 5.74) is 0. The number of rotatable bonds is 15. The minimum Gasteiger partial charge on any atom is -0.469 e. The van der Waals surface area contributed by atoms with Crippen LogP contribution in [0.3, 0.4) is 0 Å². The van der Waals surface area contributed by atoms with Crippen LogP contribution in [0, 0.1) is 17.8 Å². The van der Waals surface area contributed by atoms with Crippen LogP contribution in [0.5, 0.6) is 0 Å². The summed E-state index contributed by atoms with van der Waals surface area (Å²) in [7, 11) is 1.43. The van der Waals surface area contributed by atoms with Crippen molar-refractivity contribution in [1.82, 2.24) is 0 Å². The van der Waals surface area contributed by atoms with Gasteiger partial charge in [-0.1, -0.05) is 56.4 Å². The molecule has 7 atom stereocenters. The van der Waals surface area contributed by atoms with Crippen molar-refractivity contribution in [1.29, 1.82) is 0 Å². The Hall–Kier alpha value is -1.25. The van der Waals surface area contributed by atoms with E-state index in [1.165, 1.54) is 45.6 Å². The molecule has 1 N–H and O–H groups in total. The predicted octanol–water partition coefficient (Wildman–Crippen LogP) is 7.01. The first-order valence-electron chi connectivity index (χ1n) is 16.7. The van der Waals surface area contributed by atoms with Crippen molar-refractivity contribution in [3.63, 3.8) is 0 Å². The van der Waals surface area contributed by atoms with Gasteiger partial charge >= 0.3 is 5.97 Å². The Labute approximate surface area is 248 Å². The quantitative estimate of drug-likeness (QED) is 0.127. The molecule has 7 nitrogen and oxygen atoms in total. The standard InChI is InChI=1S/C34H56O7/c1-37-32(36)16-8-3-2-7-15-28-29(31(25-30(28)35)41-34-18-10-12-24-39-34)22-21-27(40-33-17-9-11-23-38-33)20-19-26-13-5-4-6-14-26/h2,7,21-22,26-31,33-35H,3-6,8-20,23-25H2,1H3/t27-,28+,29+,30-,31+,33?,34?/m0/s1. The number of carbonyl (C=O) groups is 1. The van der Waals surface area contributed by atoms with E-state index in [9.17, 15) is 9.90 Å². The highest BCUT2D eigenvalue weighted by Gasteiger charge is 2.42. The number of aliphatic hydroxyl groups is 1. The molecular weight excluding hydrogens is 520 g/mol. The smallest absolute Gasteiger partial charge is 0.305 e. The van der Waals surface area contributed by atoms with E-state index < -0.39 is 6.10 Å². The molecule has 4 aliphatic rings. The van der Waals surface area contributed by atoms with Crippen LogP contribution in [0.25, 0.3) is 0 Å². The molecule has 2 aliphatic heterocycles. The minimum atomic E-state index is -0.429. The zero-order chi connectivity index (χ0) is 28.7. The number of methoxy groups -OCH3 is 1. The summed E-state index contributed by atoms with van der Waals surface area (Å²) in [5.74, 6) is 0.795. The Balaban J connectivity index is 1.41. The molecule has 0 aromatic heterocycles. The second-order valence-corrected chi connectivity index (χ2v) is 12.6. The molecule has 0 spiro atoms. The lowest BCUT2D eigenvalue weighted by Gasteiger charge is -2.30. The third kappa shape index (κ3) is 11.4. The molecule has 234 valence electrons. The first-order valence-corrected chi connectivity index (χ1v) is 16.7. The van der Waals surface area contributed by atoms with Crippen molar-refractivity contribution in [3.05, 3.63) is 24.3 Å². The van der Waals surface area contributed by atoms with E-state index in [1.54, 1.807) is 0 Å². The summed E-state index contributed by atoms with van der Waals surface area (Å²) in [6, 6.07) is 0. The van der Waals surface area contributed by atoms with Crippen molar-refractivity contribution < 1.29 is 33.6 Å². The summed E-state index contributed by atoms with van der Waals surface area (Å²) in [4.78, 5) is 11.4.